The van der Waals surface area contributed by atoms with Gasteiger partial charge in [0.1, 0.15) is 0 Å². The molecule has 0 amide bonds. The molecule has 3 nitrogen and oxygen atoms in total. The Morgan fingerprint density at radius 2 is 1.81 bits per heavy atom. The third-order valence-electron chi connectivity index (χ3n) is 3.84. The molecule has 1 aliphatic heterocycles. The molecule has 1 aliphatic rings. The molecule has 1 saturated heterocycles. The van der Waals surface area contributed by atoms with Crippen LogP contribution in [0.2, 0.25) is 0 Å². The normalized spacial score (nSPS) is 23.4. The van der Waals surface area contributed by atoms with Crippen LogP contribution in [-0.2, 0) is 11.3 Å². The van der Waals surface area contributed by atoms with Gasteiger partial charge in [0.15, 0.2) is 0 Å². The summed E-state index contributed by atoms with van der Waals surface area (Å²) >= 11 is 0. The number of hydrogen-bond acceptors (Lipinski definition) is 3. The van der Waals surface area contributed by atoms with Crippen LogP contribution in [0, 0.1) is 6.92 Å². The first kappa shape index (κ1) is 16.3. The van der Waals surface area contributed by atoms with E-state index in [0.29, 0.717) is 12.2 Å². The smallest absolute Gasteiger partial charge is 0.0726 e. The van der Waals surface area contributed by atoms with E-state index in [1.54, 1.807) is 0 Å². The first-order valence-electron chi connectivity index (χ1n) is 7.99. The van der Waals surface area contributed by atoms with Crippen molar-refractivity contribution in [1.82, 2.24) is 5.32 Å². The summed E-state index contributed by atoms with van der Waals surface area (Å²) in [5.74, 6) is 0. The molecule has 0 aliphatic carbocycles. The molecule has 2 atom stereocenters. The maximum atomic E-state index is 5.83. The van der Waals surface area contributed by atoms with Gasteiger partial charge < -0.3 is 15.0 Å². The molecular formula is C18H30N2O. The zero-order valence-corrected chi connectivity index (χ0v) is 14.4. The zero-order valence-electron chi connectivity index (χ0n) is 14.4. The predicted octanol–water partition coefficient (Wildman–Crippen LogP) is 3.50. The van der Waals surface area contributed by atoms with Gasteiger partial charge in [0, 0.05) is 30.9 Å². The van der Waals surface area contributed by atoms with Crippen molar-refractivity contribution in [2.45, 2.75) is 65.8 Å². The van der Waals surface area contributed by atoms with Crippen molar-refractivity contribution in [3.63, 3.8) is 0 Å². The van der Waals surface area contributed by atoms with Crippen molar-refractivity contribution in [2.24, 2.45) is 0 Å². The van der Waals surface area contributed by atoms with E-state index >= 15 is 0 Å². The molecule has 1 fully saturated rings. The molecule has 2 rings (SSSR count). The van der Waals surface area contributed by atoms with Gasteiger partial charge >= 0.3 is 0 Å². The van der Waals surface area contributed by atoms with Gasteiger partial charge in [-0.25, -0.2) is 0 Å². The molecule has 118 valence electrons. The Morgan fingerprint density at radius 3 is 2.33 bits per heavy atom. The number of rotatable bonds is 3. The van der Waals surface area contributed by atoms with E-state index in [0.717, 1.165) is 19.6 Å². The average molecular weight is 290 g/mol. The van der Waals surface area contributed by atoms with Gasteiger partial charge in [-0.2, -0.15) is 0 Å². The first-order chi connectivity index (χ1) is 9.74. The Hall–Kier alpha value is -1.06. The fourth-order valence-electron chi connectivity index (χ4n) is 2.92. The Labute approximate surface area is 129 Å². The second-order valence-corrected chi connectivity index (χ2v) is 7.39. The van der Waals surface area contributed by atoms with Crippen LogP contribution in [0.3, 0.4) is 0 Å². The molecule has 0 aromatic heterocycles. The SMILES string of the molecule is Cc1cc(CNC(C)(C)C)ccc1N1CC(C)OC(C)C1. The van der Waals surface area contributed by atoms with Gasteiger partial charge in [0.25, 0.3) is 0 Å². The zero-order chi connectivity index (χ0) is 15.6. The van der Waals surface area contributed by atoms with Crippen molar-refractivity contribution in [3.05, 3.63) is 29.3 Å². The Bertz CT molecular complexity index is 469. The van der Waals surface area contributed by atoms with E-state index in [9.17, 15) is 0 Å². The molecule has 1 aromatic rings. The maximum absolute atomic E-state index is 5.83. The van der Waals surface area contributed by atoms with Crippen molar-refractivity contribution in [3.8, 4) is 0 Å². The Morgan fingerprint density at radius 1 is 1.19 bits per heavy atom. The molecule has 1 aromatic carbocycles. The highest BCUT2D eigenvalue weighted by Gasteiger charge is 2.23. The number of benzene rings is 1. The van der Waals surface area contributed by atoms with E-state index in [1.165, 1.54) is 16.8 Å². The van der Waals surface area contributed by atoms with Crippen LogP contribution in [0.4, 0.5) is 5.69 Å². The molecule has 0 spiro atoms. The topological polar surface area (TPSA) is 24.5 Å². The summed E-state index contributed by atoms with van der Waals surface area (Å²) in [5, 5.41) is 3.54. The molecule has 0 saturated carbocycles. The lowest BCUT2D eigenvalue weighted by atomic mass is 10.0. The van der Waals surface area contributed by atoms with E-state index in [2.05, 4.69) is 70.0 Å². The second-order valence-electron chi connectivity index (χ2n) is 7.39. The maximum Gasteiger partial charge on any atom is 0.0726 e. The second kappa shape index (κ2) is 6.37. The predicted molar refractivity (Wildman–Crippen MR) is 90.0 cm³/mol. The minimum absolute atomic E-state index is 0.154. The lowest BCUT2D eigenvalue weighted by molar-refractivity contribution is -0.00524. The average Bonchev–Trinajstić information content (AvgIpc) is 2.34. The van der Waals surface area contributed by atoms with E-state index < -0.39 is 0 Å². The highest BCUT2D eigenvalue weighted by atomic mass is 16.5. The Kier molecular flexibility index (Phi) is 4.95. The van der Waals surface area contributed by atoms with Crippen LogP contribution in [0.15, 0.2) is 18.2 Å². The molecule has 2 unspecified atom stereocenters. The van der Waals surface area contributed by atoms with Crippen molar-refractivity contribution in [2.75, 3.05) is 18.0 Å². The quantitative estimate of drug-likeness (QED) is 0.922. The fourth-order valence-corrected chi connectivity index (χ4v) is 2.92. The molecule has 0 bridgehead atoms. The van der Waals surface area contributed by atoms with E-state index in [-0.39, 0.29) is 5.54 Å². The van der Waals surface area contributed by atoms with Gasteiger partial charge in [0.2, 0.25) is 0 Å². The number of anilines is 1. The van der Waals surface area contributed by atoms with Gasteiger partial charge in [-0.1, -0.05) is 12.1 Å². The van der Waals surface area contributed by atoms with Crippen LogP contribution in [0.5, 0.6) is 0 Å². The van der Waals surface area contributed by atoms with Crippen molar-refractivity contribution < 1.29 is 4.74 Å². The molecule has 1 N–H and O–H groups in total. The summed E-state index contributed by atoms with van der Waals surface area (Å²) in [6.45, 7) is 16.0. The van der Waals surface area contributed by atoms with Crippen molar-refractivity contribution in [1.29, 1.82) is 0 Å². The number of nitrogens with zero attached hydrogens (tertiary/aromatic N) is 1. The summed E-state index contributed by atoms with van der Waals surface area (Å²) in [6, 6.07) is 6.81. The van der Waals surface area contributed by atoms with E-state index in [4.69, 9.17) is 4.74 Å². The van der Waals surface area contributed by atoms with Gasteiger partial charge in [-0.15, -0.1) is 0 Å². The third kappa shape index (κ3) is 4.72. The summed E-state index contributed by atoms with van der Waals surface area (Å²) < 4.78 is 5.83. The van der Waals surface area contributed by atoms with Crippen LogP contribution in [0.25, 0.3) is 0 Å². The molecule has 0 radical (unpaired) electrons. The largest absolute Gasteiger partial charge is 0.372 e. The lowest BCUT2D eigenvalue weighted by Gasteiger charge is -2.37. The minimum atomic E-state index is 0.154. The summed E-state index contributed by atoms with van der Waals surface area (Å²) in [6.07, 6.45) is 0.603. The minimum Gasteiger partial charge on any atom is -0.372 e. The summed E-state index contributed by atoms with van der Waals surface area (Å²) in [5.41, 5.74) is 4.20. The van der Waals surface area contributed by atoms with E-state index in [1.807, 2.05) is 0 Å². The summed E-state index contributed by atoms with van der Waals surface area (Å²) in [7, 11) is 0. The molecule has 1 heterocycles. The van der Waals surface area contributed by atoms with Crippen LogP contribution in [0.1, 0.15) is 45.7 Å². The summed E-state index contributed by atoms with van der Waals surface area (Å²) in [4.78, 5) is 2.45. The van der Waals surface area contributed by atoms with Crippen LogP contribution >= 0.6 is 0 Å². The number of aryl methyl sites for hydroxylation is 1. The first-order valence-corrected chi connectivity index (χ1v) is 7.99. The molecule has 3 heteroatoms. The fraction of sp³-hybridized carbons (Fsp3) is 0.667. The van der Waals surface area contributed by atoms with Crippen molar-refractivity contribution >= 4 is 5.69 Å². The lowest BCUT2D eigenvalue weighted by Crippen LogP contribution is -2.45. The van der Waals surface area contributed by atoms with Crippen LogP contribution in [-0.4, -0.2) is 30.8 Å². The number of hydrogen-bond donors (Lipinski definition) is 1. The highest BCUT2D eigenvalue weighted by Crippen LogP contribution is 2.25. The monoisotopic (exact) mass is 290 g/mol. The highest BCUT2D eigenvalue weighted by molar-refractivity contribution is 5.55. The van der Waals surface area contributed by atoms with Crippen LogP contribution < -0.4 is 10.2 Å². The standard InChI is InChI=1S/C18H30N2O/c1-13-9-16(10-19-18(4,5)6)7-8-17(13)20-11-14(2)21-15(3)12-20/h7-9,14-15,19H,10-12H2,1-6H3. The van der Waals surface area contributed by atoms with Gasteiger partial charge in [-0.3, -0.25) is 0 Å². The number of nitrogens with one attached hydrogen (secondary N) is 1. The number of morpholine rings is 1. The molecule has 21 heavy (non-hydrogen) atoms. The third-order valence-corrected chi connectivity index (χ3v) is 3.84. The molecular weight excluding hydrogens is 260 g/mol. The van der Waals surface area contributed by atoms with Gasteiger partial charge in [-0.05, 0) is 58.7 Å². The Balaban J connectivity index is 2.08. The number of ether oxygens (including phenoxy) is 1. The van der Waals surface area contributed by atoms with Gasteiger partial charge in [0.05, 0.1) is 12.2 Å².